The van der Waals surface area contributed by atoms with Crippen molar-refractivity contribution in [3.8, 4) is 0 Å². The van der Waals surface area contributed by atoms with Crippen LogP contribution in [-0.2, 0) is 9.47 Å². The normalized spacial score (nSPS) is 21.6. The highest BCUT2D eigenvalue weighted by Crippen LogP contribution is 2.48. The van der Waals surface area contributed by atoms with Crippen LogP contribution < -0.4 is 10.6 Å². The zero-order valence-corrected chi connectivity index (χ0v) is 16.0. The largest absolute Gasteiger partial charge is 0.382 e. The Hall–Kier alpha value is -0.850. The Kier molecular flexibility index (Phi) is 7.32. The van der Waals surface area contributed by atoms with E-state index in [0.29, 0.717) is 5.41 Å². The molecule has 0 aromatic carbocycles. The molecule has 2 rings (SSSR count). The van der Waals surface area contributed by atoms with E-state index in [1.165, 1.54) is 12.8 Å². The van der Waals surface area contributed by atoms with Crippen LogP contribution in [0.1, 0.15) is 40.0 Å². The third kappa shape index (κ3) is 5.90. The summed E-state index contributed by atoms with van der Waals surface area (Å²) in [6.07, 6.45) is 3.73. The van der Waals surface area contributed by atoms with E-state index in [1.54, 1.807) is 0 Å². The molecule has 2 N–H and O–H groups in total. The van der Waals surface area contributed by atoms with E-state index in [2.05, 4.69) is 41.3 Å². The maximum Gasteiger partial charge on any atom is 0.191 e. The van der Waals surface area contributed by atoms with Crippen molar-refractivity contribution in [1.82, 2.24) is 15.5 Å². The summed E-state index contributed by atoms with van der Waals surface area (Å²) in [4.78, 5) is 6.87. The van der Waals surface area contributed by atoms with Crippen molar-refractivity contribution in [3.05, 3.63) is 0 Å². The van der Waals surface area contributed by atoms with Crippen LogP contribution in [0.4, 0.5) is 0 Å². The first kappa shape index (κ1) is 19.5. The van der Waals surface area contributed by atoms with Gasteiger partial charge in [-0.2, -0.15) is 0 Å². The van der Waals surface area contributed by atoms with Crippen molar-refractivity contribution in [2.75, 3.05) is 59.7 Å². The second-order valence-corrected chi connectivity index (χ2v) is 7.64. The zero-order valence-electron chi connectivity index (χ0n) is 16.0. The van der Waals surface area contributed by atoms with Gasteiger partial charge < -0.3 is 20.1 Å². The smallest absolute Gasteiger partial charge is 0.191 e. The molecule has 140 valence electrons. The summed E-state index contributed by atoms with van der Waals surface area (Å²) < 4.78 is 11.0. The van der Waals surface area contributed by atoms with E-state index in [0.717, 1.165) is 65.0 Å². The van der Waals surface area contributed by atoms with E-state index in [1.807, 2.05) is 7.05 Å². The molecule has 0 radical (unpaired) electrons. The summed E-state index contributed by atoms with van der Waals surface area (Å²) >= 11 is 0. The minimum atomic E-state index is 0.0909. The van der Waals surface area contributed by atoms with Gasteiger partial charge in [0.1, 0.15) is 0 Å². The molecule has 2 fully saturated rings. The predicted molar refractivity (Wildman–Crippen MR) is 98.6 cm³/mol. The number of nitrogens with one attached hydrogen (secondary N) is 2. The summed E-state index contributed by atoms with van der Waals surface area (Å²) in [6, 6.07) is 0. The third-order valence-electron chi connectivity index (χ3n) is 5.35. The molecule has 0 amide bonds. The molecule has 0 bridgehead atoms. The number of rotatable bonds is 9. The maximum atomic E-state index is 5.51. The number of guanidine groups is 1. The van der Waals surface area contributed by atoms with Gasteiger partial charge in [0.15, 0.2) is 5.96 Å². The van der Waals surface area contributed by atoms with Crippen LogP contribution >= 0.6 is 0 Å². The van der Waals surface area contributed by atoms with Crippen LogP contribution in [0.15, 0.2) is 4.99 Å². The fourth-order valence-electron chi connectivity index (χ4n) is 3.20. The second kappa shape index (κ2) is 9.02. The number of hydrogen-bond donors (Lipinski definition) is 2. The van der Waals surface area contributed by atoms with Crippen LogP contribution in [-0.4, -0.2) is 76.1 Å². The molecule has 24 heavy (non-hydrogen) atoms. The Bertz CT molecular complexity index is 402. The average Bonchev–Trinajstić information content (AvgIpc) is 3.36. The summed E-state index contributed by atoms with van der Waals surface area (Å²) in [6.45, 7) is 13.8. The second-order valence-electron chi connectivity index (χ2n) is 7.64. The molecule has 6 nitrogen and oxygen atoms in total. The minimum Gasteiger partial charge on any atom is -0.382 e. The molecule has 0 unspecified atom stereocenters. The van der Waals surface area contributed by atoms with Crippen LogP contribution in [0.3, 0.4) is 0 Å². The molecule has 0 spiro atoms. The van der Waals surface area contributed by atoms with E-state index < -0.39 is 0 Å². The Morgan fingerprint density at radius 1 is 1.25 bits per heavy atom. The monoisotopic (exact) mass is 340 g/mol. The molecule has 1 saturated heterocycles. The first-order valence-corrected chi connectivity index (χ1v) is 9.36. The molecule has 2 aliphatic rings. The quantitative estimate of drug-likeness (QED) is 0.378. The lowest BCUT2D eigenvalue weighted by molar-refractivity contribution is -0.00834. The highest BCUT2D eigenvalue weighted by Gasteiger charge is 2.42. The summed E-state index contributed by atoms with van der Waals surface area (Å²) in [5.41, 5.74) is 0.514. The highest BCUT2D eigenvalue weighted by atomic mass is 16.5. The SMILES string of the molecule is CCOCCC1(CNC(=NC)NCC(C)(C)N2CCOCC2)CC1. The highest BCUT2D eigenvalue weighted by molar-refractivity contribution is 5.79. The van der Waals surface area contributed by atoms with Crippen molar-refractivity contribution in [2.45, 2.75) is 45.6 Å². The van der Waals surface area contributed by atoms with Gasteiger partial charge >= 0.3 is 0 Å². The van der Waals surface area contributed by atoms with Crippen molar-refractivity contribution >= 4 is 5.96 Å². The van der Waals surface area contributed by atoms with Gasteiger partial charge in [-0.25, -0.2) is 0 Å². The van der Waals surface area contributed by atoms with Gasteiger partial charge in [-0.1, -0.05) is 0 Å². The number of hydrogen-bond acceptors (Lipinski definition) is 4. The lowest BCUT2D eigenvalue weighted by Crippen LogP contribution is -2.56. The van der Waals surface area contributed by atoms with Crippen molar-refractivity contribution in [1.29, 1.82) is 0 Å². The van der Waals surface area contributed by atoms with Crippen molar-refractivity contribution in [2.24, 2.45) is 10.4 Å². The van der Waals surface area contributed by atoms with Gasteiger partial charge in [-0.05, 0) is 45.4 Å². The Labute approximate surface area is 147 Å². The predicted octanol–water partition coefficient (Wildman–Crippen LogP) is 1.47. The van der Waals surface area contributed by atoms with Crippen molar-refractivity contribution in [3.63, 3.8) is 0 Å². The summed E-state index contributed by atoms with van der Waals surface area (Å²) in [7, 11) is 1.84. The molecule has 1 aliphatic heterocycles. The molecule has 0 aromatic rings. The average molecular weight is 341 g/mol. The third-order valence-corrected chi connectivity index (χ3v) is 5.35. The van der Waals surface area contributed by atoms with Gasteiger partial charge in [-0.15, -0.1) is 0 Å². The van der Waals surface area contributed by atoms with Crippen LogP contribution in [0.2, 0.25) is 0 Å². The van der Waals surface area contributed by atoms with Gasteiger partial charge in [-0.3, -0.25) is 9.89 Å². The Balaban J connectivity index is 1.72. The summed E-state index contributed by atoms with van der Waals surface area (Å²) in [5.74, 6) is 0.902. The van der Waals surface area contributed by atoms with E-state index in [9.17, 15) is 0 Å². The molecule has 1 saturated carbocycles. The Morgan fingerprint density at radius 3 is 2.54 bits per heavy atom. The lowest BCUT2D eigenvalue weighted by atomic mass is 10.0. The minimum absolute atomic E-state index is 0.0909. The van der Waals surface area contributed by atoms with Crippen LogP contribution in [0.5, 0.6) is 0 Å². The van der Waals surface area contributed by atoms with E-state index in [4.69, 9.17) is 9.47 Å². The molecule has 0 atom stereocenters. The molecule has 1 heterocycles. The van der Waals surface area contributed by atoms with Gasteiger partial charge in [0.05, 0.1) is 13.2 Å². The molecule has 0 aromatic heterocycles. The number of ether oxygens (including phenoxy) is 2. The van der Waals surface area contributed by atoms with Crippen LogP contribution in [0, 0.1) is 5.41 Å². The molecular weight excluding hydrogens is 304 g/mol. The lowest BCUT2D eigenvalue weighted by Gasteiger charge is -2.41. The molecule has 1 aliphatic carbocycles. The number of nitrogens with zero attached hydrogens (tertiary/aromatic N) is 2. The maximum absolute atomic E-state index is 5.51. The topological polar surface area (TPSA) is 58.1 Å². The zero-order chi connectivity index (χ0) is 17.5. The summed E-state index contributed by atoms with van der Waals surface area (Å²) in [5, 5.41) is 7.01. The first-order chi connectivity index (χ1) is 11.5. The number of morpholine rings is 1. The van der Waals surface area contributed by atoms with Gasteiger partial charge in [0.25, 0.3) is 0 Å². The first-order valence-electron chi connectivity index (χ1n) is 9.36. The van der Waals surface area contributed by atoms with E-state index in [-0.39, 0.29) is 5.54 Å². The molecule has 6 heteroatoms. The fraction of sp³-hybridized carbons (Fsp3) is 0.944. The van der Waals surface area contributed by atoms with Gasteiger partial charge in [0, 0.05) is 52.0 Å². The number of aliphatic imine (C=N–C) groups is 1. The standard InChI is InChI=1S/C18H36N4O2/c1-5-23-11-8-18(6-7-18)15-21-16(19-4)20-14-17(2,3)22-9-12-24-13-10-22/h5-15H2,1-4H3,(H2,19,20,21). The van der Waals surface area contributed by atoms with Gasteiger partial charge in [0.2, 0.25) is 0 Å². The molecular formula is C18H36N4O2. The Morgan fingerprint density at radius 2 is 1.96 bits per heavy atom. The fourth-order valence-corrected chi connectivity index (χ4v) is 3.20. The van der Waals surface area contributed by atoms with Crippen LogP contribution in [0.25, 0.3) is 0 Å². The van der Waals surface area contributed by atoms with E-state index >= 15 is 0 Å². The van der Waals surface area contributed by atoms with Crippen molar-refractivity contribution < 1.29 is 9.47 Å².